The highest BCUT2D eigenvalue weighted by Gasteiger charge is 2.52. The van der Waals surface area contributed by atoms with Crippen molar-refractivity contribution in [3.63, 3.8) is 0 Å². The Balaban J connectivity index is 1.17. The largest absolute Gasteiger partial charge is 0.337 e. The zero-order valence-corrected chi connectivity index (χ0v) is 20.2. The SMILES string of the molecule is Clc1ccc(N2c3ccc(Cl)cc3[C@@H]3CN(CC45CC6CC(CC(C6)C4)C5)CC[C@H]32)cc1. The number of hydrogen-bond donors (Lipinski definition) is 0. The number of hydrogen-bond acceptors (Lipinski definition) is 2. The third-order valence-corrected chi connectivity index (χ3v) is 9.96. The normalized spacial score (nSPS) is 37.6. The van der Waals surface area contributed by atoms with Crippen molar-refractivity contribution in [2.45, 2.75) is 56.9 Å². The molecule has 2 heterocycles. The second-order valence-corrected chi connectivity index (χ2v) is 12.5. The molecule has 5 fully saturated rings. The predicted octanol–water partition coefficient (Wildman–Crippen LogP) is 7.52. The molecule has 32 heavy (non-hydrogen) atoms. The summed E-state index contributed by atoms with van der Waals surface area (Å²) in [5.74, 6) is 3.63. The second kappa shape index (κ2) is 7.39. The number of benzene rings is 2. The van der Waals surface area contributed by atoms with Crippen LogP contribution < -0.4 is 4.90 Å². The molecule has 4 aliphatic carbocycles. The summed E-state index contributed by atoms with van der Waals surface area (Å²) in [6.45, 7) is 3.72. The van der Waals surface area contributed by atoms with Crippen molar-refractivity contribution in [2.24, 2.45) is 23.2 Å². The molecule has 0 spiro atoms. The topological polar surface area (TPSA) is 6.48 Å². The van der Waals surface area contributed by atoms with E-state index in [4.69, 9.17) is 23.2 Å². The Morgan fingerprint density at radius 1 is 0.844 bits per heavy atom. The highest BCUT2D eigenvalue weighted by atomic mass is 35.5. The molecule has 4 heteroatoms. The van der Waals surface area contributed by atoms with Gasteiger partial charge >= 0.3 is 0 Å². The highest BCUT2D eigenvalue weighted by molar-refractivity contribution is 6.31. The van der Waals surface area contributed by atoms with Crippen LogP contribution in [0.1, 0.15) is 56.4 Å². The lowest BCUT2D eigenvalue weighted by molar-refractivity contribution is -0.0721. The number of halogens is 2. The fourth-order valence-electron chi connectivity index (χ4n) is 8.88. The van der Waals surface area contributed by atoms with Gasteiger partial charge in [0.15, 0.2) is 0 Å². The number of rotatable bonds is 3. The smallest absolute Gasteiger partial charge is 0.0451 e. The van der Waals surface area contributed by atoms with Crippen LogP contribution in [0.2, 0.25) is 10.0 Å². The number of likely N-dealkylation sites (tertiary alicyclic amines) is 1. The van der Waals surface area contributed by atoms with Crippen LogP contribution in [0.3, 0.4) is 0 Å². The Morgan fingerprint density at radius 2 is 1.50 bits per heavy atom. The summed E-state index contributed by atoms with van der Waals surface area (Å²) < 4.78 is 0. The summed E-state index contributed by atoms with van der Waals surface area (Å²) in [5, 5.41) is 1.66. The van der Waals surface area contributed by atoms with Gasteiger partial charge in [0.25, 0.3) is 0 Å². The van der Waals surface area contributed by atoms with E-state index in [-0.39, 0.29) is 0 Å². The fraction of sp³-hybridized carbons (Fsp3) is 0.571. The second-order valence-electron chi connectivity index (χ2n) is 11.7. The third kappa shape index (κ3) is 3.24. The first-order valence-electron chi connectivity index (χ1n) is 12.6. The van der Waals surface area contributed by atoms with Gasteiger partial charge in [-0.25, -0.2) is 0 Å². The first-order valence-corrected chi connectivity index (χ1v) is 13.4. The lowest BCUT2D eigenvalue weighted by Crippen LogP contribution is -2.54. The molecule has 168 valence electrons. The lowest BCUT2D eigenvalue weighted by Gasteiger charge is -2.58. The van der Waals surface area contributed by atoms with E-state index in [9.17, 15) is 0 Å². The summed E-state index contributed by atoms with van der Waals surface area (Å²) in [5.41, 5.74) is 4.64. The van der Waals surface area contributed by atoms with Crippen LogP contribution in [-0.4, -0.2) is 30.6 Å². The minimum Gasteiger partial charge on any atom is -0.337 e. The molecule has 0 unspecified atom stereocenters. The van der Waals surface area contributed by atoms with E-state index in [0.717, 1.165) is 27.8 Å². The van der Waals surface area contributed by atoms with Crippen LogP contribution in [0.4, 0.5) is 11.4 Å². The fourth-order valence-corrected chi connectivity index (χ4v) is 9.18. The molecule has 6 aliphatic rings. The molecule has 2 aromatic rings. The Kier molecular flexibility index (Phi) is 4.66. The van der Waals surface area contributed by atoms with Gasteiger partial charge in [0.1, 0.15) is 0 Å². The number of anilines is 2. The molecule has 1 saturated heterocycles. The van der Waals surface area contributed by atoms with E-state index in [2.05, 4.69) is 34.1 Å². The van der Waals surface area contributed by atoms with E-state index in [0.29, 0.717) is 17.4 Å². The van der Waals surface area contributed by atoms with Gasteiger partial charge in [0.05, 0.1) is 0 Å². The molecule has 0 radical (unpaired) electrons. The highest BCUT2D eigenvalue weighted by Crippen LogP contribution is 2.60. The molecule has 4 bridgehead atoms. The third-order valence-electron chi connectivity index (χ3n) is 9.47. The predicted molar refractivity (Wildman–Crippen MR) is 133 cm³/mol. The average Bonchev–Trinajstić information content (AvgIpc) is 3.06. The van der Waals surface area contributed by atoms with Crippen LogP contribution in [0, 0.1) is 23.2 Å². The zero-order valence-electron chi connectivity index (χ0n) is 18.6. The minimum absolute atomic E-state index is 0.511. The molecule has 2 aliphatic heterocycles. The molecule has 0 amide bonds. The summed E-state index contributed by atoms with van der Waals surface area (Å²) in [7, 11) is 0. The Hall–Kier alpha value is -1.22. The molecular formula is C28H32Cl2N2. The Morgan fingerprint density at radius 3 is 2.19 bits per heavy atom. The van der Waals surface area contributed by atoms with Crippen molar-refractivity contribution in [2.75, 3.05) is 24.5 Å². The van der Waals surface area contributed by atoms with E-state index >= 15 is 0 Å². The van der Waals surface area contributed by atoms with Crippen molar-refractivity contribution >= 4 is 34.6 Å². The van der Waals surface area contributed by atoms with Crippen LogP contribution in [0.15, 0.2) is 42.5 Å². The van der Waals surface area contributed by atoms with Gasteiger partial charge in [-0.3, -0.25) is 0 Å². The van der Waals surface area contributed by atoms with Gasteiger partial charge in [-0.05, 0) is 116 Å². The average molecular weight is 467 g/mol. The molecule has 0 N–H and O–H groups in total. The summed E-state index contributed by atoms with van der Waals surface area (Å²) in [4.78, 5) is 5.40. The quantitative estimate of drug-likeness (QED) is 0.461. The van der Waals surface area contributed by atoms with Crippen molar-refractivity contribution in [3.8, 4) is 0 Å². The molecule has 2 aromatic carbocycles. The first kappa shape index (κ1) is 20.2. The van der Waals surface area contributed by atoms with Gasteiger partial charge in [0.2, 0.25) is 0 Å². The zero-order chi connectivity index (χ0) is 21.4. The molecule has 2 atom stereocenters. The molecule has 0 aromatic heterocycles. The number of piperidine rings is 1. The van der Waals surface area contributed by atoms with Gasteiger partial charge < -0.3 is 9.80 Å². The molecule has 2 nitrogen and oxygen atoms in total. The van der Waals surface area contributed by atoms with E-state index < -0.39 is 0 Å². The summed E-state index contributed by atoms with van der Waals surface area (Å²) in [6, 6.07) is 15.4. The van der Waals surface area contributed by atoms with Crippen molar-refractivity contribution < 1.29 is 0 Å². The maximum Gasteiger partial charge on any atom is 0.0451 e. The first-order chi connectivity index (χ1) is 15.6. The number of nitrogens with zero attached hydrogens (tertiary/aromatic N) is 2. The van der Waals surface area contributed by atoms with Crippen molar-refractivity contribution in [1.29, 1.82) is 0 Å². The van der Waals surface area contributed by atoms with Gasteiger partial charge in [0, 0.05) is 53.0 Å². The Bertz CT molecular complexity index is 997. The maximum absolute atomic E-state index is 6.50. The number of fused-ring (bicyclic) bond motifs is 3. The van der Waals surface area contributed by atoms with Crippen LogP contribution in [0.5, 0.6) is 0 Å². The van der Waals surface area contributed by atoms with Gasteiger partial charge in [-0.2, -0.15) is 0 Å². The maximum atomic E-state index is 6.50. The van der Waals surface area contributed by atoms with Crippen LogP contribution in [0.25, 0.3) is 0 Å². The summed E-state index contributed by atoms with van der Waals surface area (Å²) in [6.07, 6.45) is 10.3. The lowest BCUT2D eigenvalue weighted by atomic mass is 9.49. The minimum atomic E-state index is 0.511. The van der Waals surface area contributed by atoms with Crippen molar-refractivity contribution in [1.82, 2.24) is 4.90 Å². The van der Waals surface area contributed by atoms with Gasteiger partial charge in [-0.1, -0.05) is 23.2 Å². The summed E-state index contributed by atoms with van der Waals surface area (Å²) >= 11 is 12.7. The molecule has 8 rings (SSSR count). The van der Waals surface area contributed by atoms with Crippen LogP contribution >= 0.6 is 23.2 Å². The standard InChI is InChI=1S/C28H32Cl2N2/c29-21-1-4-23(5-2-21)32-26-6-3-22(30)12-24(26)25-16-31(8-7-27(25)32)17-28-13-18-9-19(14-28)11-20(10-18)15-28/h1-6,12,18-20,25,27H,7-11,13-17H2/t18?,19?,20?,25-,27+,28?/m0/s1. The van der Waals surface area contributed by atoms with E-state index in [1.807, 2.05) is 18.2 Å². The Labute approximate surface area is 201 Å². The monoisotopic (exact) mass is 466 g/mol. The van der Waals surface area contributed by atoms with E-state index in [1.54, 1.807) is 0 Å². The molecule has 4 saturated carbocycles. The van der Waals surface area contributed by atoms with E-state index in [1.165, 1.54) is 81.5 Å². The molecular weight excluding hydrogens is 435 g/mol. The van der Waals surface area contributed by atoms with Crippen LogP contribution in [-0.2, 0) is 0 Å². The van der Waals surface area contributed by atoms with Crippen molar-refractivity contribution in [3.05, 3.63) is 58.1 Å². The van der Waals surface area contributed by atoms with Gasteiger partial charge in [-0.15, -0.1) is 0 Å².